The molecule has 7 heteroatoms. The van der Waals surface area contributed by atoms with E-state index in [1.165, 1.54) is 9.18 Å². The summed E-state index contributed by atoms with van der Waals surface area (Å²) < 4.78 is 28.6. The Labute approximate surface area is 124 Å². The summed E-state index contributed by atoms with van der Waals surface area (Å²) in [4.78, 5) is 1.30. The summed E-state index contributed by atoms with van der Waals surface area (Å²) in [7, 11) is -3.46. The maximum absolute atomic E-state index is 12.8. The number of aliphatic hydroxyl groups is 1. The summed E-state index contributed by atoms with van der Waals surface area (Å²) in [6.07, 6.45) is 3.43. The predicted octanol–water partition coefficient (Wildman–Crippen LogP) is 1.20. The Morgan fingerprint density at radius 3 is 3.00 bits per heavy atom. The van der Waals surface area contributed by atoms with Crippen molar-refractivity contribution in [3.8, 4) is 0 Å². The molecule has 0 saturated carbocycles. The molecule has 1 unspecified atom stereocenters. The largest absolute Gasteiger partial charge is 0.395 e. The molecule has 0 spiro atoms. The van der Waals surface area contributed by atoms with Crippen molar-refractivity contribution < 1.29 is 13.5 Å². The number of piperidine rings is 1. The Balaban J connectivity index is 1.81. The number of fused-ring (bicyclic) bond motifs is 1. The molecule has 0 radical (unpaired) electrons. The van der Waals surface area contributed by atoms with Crippen LogP contribution in [-0.2, 0) is 23.2 Å². The fourth-order valence-corrected chi connectivity index (χ4v) is 5.75. The van der Waals surface area contributed by atoms with Crippen LogP contribution in [0.5, 0.6) is 0 Å². The number of thiophene rings is 1. The zero-order valence-electron chi connectivity index (χ0n) is 11.4. The Morgan fingerprint density at radius 2 is 2.20 bits per heavy atom. The molecule has 2 aliphatic rings. The molecule has 1 N–H and O–H groups in total. The van der Waals surface area contributed by atoms with E-state index in [-0.39, 0.29) is 12.6 Å². The maximum Gasteiger partial charge on any atom is 0.282 e. The standard InChI is InChI=1S/C13H20N2O3S2/c16-10-12-3-1-2-6-15(12)20(17,18)14-7-4-13-11(9-14)5-8-19-13/h5,8,12,16H,1-4,6-7,9-10H2. The lowest BCUT2D eigenvalue weighted by Crippen LogP contribution is -2.52. The summed E-state index contributed by atoms with van der Waals surface area (Å²) in [6, 6.07) is 1.76. The van der Waals surface area contributed by atoms with E-state index in [1.54, 1.807) is 15.6 Å². The van der Waals surface area contributed by atoms with Crippen LogP contribution in [0.3, 0.4) is 0 Å². The lowest BCUT2D eigenvalue weighted by Gasteiger charge is -2.38. The van der Waals surface area contributed by atoms with Gasteiger partial charge in [-0.2, -0.15) is 17.0 Å². The first kappa shape index (κ1) is 14.5. The quantitative estimate of drug-likeness (QED) is 0.911. The van der Waals surface area contributed by atoms with Gasteiger partial charge in [0.2, 0.25) is 0 Å². The van der Waals surface area contributed by atoms with Gasteiger partial charge < -0.3 is 5.11 Å². The molecule has 3 rings (SSSR count). The SMILES string of the molecule is O=S(=O)(N1CCc2sccc2C1)N1CCCCC1CO. The van der Waals surface area contributed by atoms with Crippen molar-refractivity contribution in [2.45, 2.75) is 38.3 Å². The van der Waals surface area contributed by atoms with Gasteiger partial charge in [-0.1, -0.05) is 6.42 Å². The van der Waals surface area contributed by atoms with E-state index in [1.807, 2.05) is 11.4 Å². The summed E-state index contributed by atoms with van der Waals surface area (Å²) in [5.74, 6) is 0. The fourth-order valence-electron chi connectivity index (χ4n) is 3.03. The van der Waals surface area contributed by atoms with Crippen molar-refractivity contribution in [1.29, 1.82) is 0 Å². The molecule has 2 aliphatic heterocycles. The van der Waals surface area contributed by atoms with Crippen LogP contribution < -0.4 is 0 Å². The van der Waals surface area contributed by atoms with Gasteiger partial charge in [0.05, 0.1) is 6.61 Å². The second kappa shape index (κ2) is 5.73. The molecule has 0 aliphatic carbocycles. The van der Waals surface area contributed by atoms with E-state index >= 15 is 0 Å². The lowest BCUT2D eigenvalue weighted by atomic mass is 10.1. The van der Waals surface area contributed by atoms with E-state index in [9.17, 15) is 13.5 Å². The van der Waals surface area contributed by atoms with Crippen molar-refractivity contribution in [2.24, 2.45) is 0 Å². The zero-order valence-corrected chi connectivity index (χ0v) is 13.0. The Hall–Kier alpha value is -0.470. The monoisotopic (exact) mass is 316 g/mol. The Morgan fingerprint density at radius 1 is 1.35 bits per heavy atom. The normalized spacial score (nSPS) is 25.6. The van der Waals surface area contributed by atoms with Gasteiger partial charge in [-0.3, -0.25) is 0 Å². The first-order chi connectivity index (χ1) is 9.63. The third-order valence-electron chi connectivity index (χ3n) is 4.18. The van der Waals surface area contributed by atoms with Gasteiger partial charge in [0.15, 0.2) is 0 Å². The minimum absolute atomic E-state index is 0.0865. The molecular formula is C13H20N2O3S2. The number of nitrogens with zero attached hydrogens (tertiary/aromatic N) is 2. The van der Waals surface area contributed by atoms with E-state index in [4.69, 9.17) is 0 Å². The van der Waals surface area contributed by atoms with Crippen LogP contribution in [0.2, 0.25) is 0 Å². The molecule has 3 heterocycles. The third-order valence-corrected chi connectivity index (χ3v) is 7.24. The van der Waals surface area contributed by atoms with Crippen molar-refractivity contribution in [3.63, 3.8) is 0 Å². The predicted molar refractivity (Wildman–Crippen MR) is 78.8 cm³/mol. The van der Waals surface area contributed by atoms with E-state index in [0.29, 0.717) is 19.6 Å². The minimum Gasteiger partial charge on any atom is -0.395 e. The van der Waals surface area contributed by atoms with Crippen molar-refractivity contribution in [2.75, 3.05) is 19.7 Å². The molecule has 1 fully saturated rings. The summed E-state index contributed by atoms with van der Waals surface area (Å²) in [5, 5.41) is 11.5. The summed E-state index contributed by atoms with van der Waals surface area (Å²) in [5.41, 5.74) is 1.13. The highest BCUT2D eigenvalue weighted by Crippen LogP contribution is 2.29. The smallest absolute Gasteiger partial charge is 0.282 e. The average molecular weight is 316 g/mol. The van der Waals surface area contributed by atoms with Crippen molar-refractivity contribution in [3.05, 3.63) is 21.9 Å². The molecule has 0 bridgehead atoms. The molecule has 20 heavy (non-hydrogen) atoms. The highest BCUT2D eigenvalue weighted by molar-refractivity contribution is 7.86. The van der Waals surface area contributed by atoms with E-state index < -0.39 is 10.2 Å². The molecule has 1 atom stereocenters. The molecule has 5 nitrogen and oxygen atoms in total. The Bertz CT molecular complexity index is 570. The number of rotatable bonds is 3. The third kappa shape index (κ3) is 2.53. The highest BCUT2D eigenvalue weighted by Gasteiger charge is 2.37. The lowest BCUT2D eigenvalue weighted by molar-refractivity contribution is 0.147. The summed E-state index contributed by atoms with van der Waals surface area (Å²) in [6.45, 7) is 1.46. The van der Waals surface area contributed by atoms with Gasteiger partial charge in [0, 0.05) is 30.6 Å². The van der Waals surface area contributed by atoms with Gasteiger partial charge >= 0.3 is 0 Å². The van der Waals surface area contributed by atoms with Crippen LogP contribution in [-0.4, -0.2) is 47.9 Å². The molecule has 112 valence electrons. The van der Waals surface area contributed by atoms with Crippen LogP contribution in [0.15, 0.2) is 11.4 Å². The van der Waals surface area contributed by atoms with Crippen LogP contribution in [0, 0.1) is 0 Å². The topological polar surface area (TPSA) is 60.9 Å². The van der Waals surface area contributed by atoms with Crippen LogP contribution in [0.4, 0.5) is 0 Å². The fraction of sp³-hybridized carbons (Fsp3) is 0.692. The molecule has 0 amide bonds. The minimum atomic E-state index is -3.46. The first-order valence-corrected chi connectivity index (χ1v) is 9.33. The van der Waals surface area contributed by atoms with Crippen molar-refractivity contribution in [1.82, 2.24) is 8.61 Å². The maximum atomic E-state index is 12.8. The molecule has 1 aromatic heterocycles. The van der Waals surface area contributed by atoms with Gasteiger partial charge in [-0.05, 0) is 36.3 Å². The van der Waals surface area contributed by atoms with Gasteiger partial charge in [0.1, 0.15) is 0 Å². The van der Waals surface area contributed by atoms with Crippen LogP contribution in [0.1, 0.15) is 29.7 Å². The second-order valence-corrected chi connectivity index (χ2v) is 8.28. The number of hydrogen-bond acceptors (Lipinski definition) is 4. The molecule has 0 aromatic carbocycles. The summed E-state index contributed by atoms with van der Waals surface area (Å²) >= 11 is 1.70. The average Bonchev–Trinajstić information content (AvgIpc) is 2.94. The van der Waals surface area contributed by atoms with E-state index in [2.05, 4.69) is 0 Å². The van der Waals surface area contributed by atoms with Gasteiger partial charge in [-0.25, -0.2) is 0 Å². The highest BCUT2D eigenvalue weighted by atomic mass is 32.2. The number of hydrogen-bond donors (Lipinski definition) is 1. The number of aliphatic hydroxyl groups excluding tert-OH is 1. The molecule has 1 saturated heterocycles. The second-order valence-electron chi connectivity index (χ2n) is 5.40. The van der Waals surface area contributed by atoms with Crippen LogP contribution in [0.25, 0.3) is 0 Å². The van der Waals surface area contributed by atoms with E-state index in [0.717, 1.165) is 31.2 Å². The first-order valence-electron chi connectivity index (χ1n) is 7.06. The zero-order chi connectivity index (χ0) is 14.2. The Kier molecular flexibility index (Phi) is 4.14. The van der Waals surface area contributed by atoms with Crippen LogP contribution >= 0.6 is 11.3 Å². The van der Waals surface area contributed by atoms with Gasteiger partial charge in [0.25, 0.3) is 10.2 Å². The molecule has 1 aromatic rings. The van der Waals surface area contributed by atoms with Crippen molar-refractivity contribution >= 4 is 21.5 Å². The van der Waals surface area contributed by atoms with Gasteiger partial charge in [-0.15, -0.1) is 11.3 Å². The molecular weight excluding hydrogens is 296 g/mol.